The van der Waals surface area contributed by atoms with Gasteiger partial charge in [0.1, 0.15) is 0 Å². The van der Waals surface area contributed by atoms with Crippen molar-refractivity contribution in [2.75, 3.05) is 30.5 Å². The van der Waals surface area contributed by atoms with Crippen molar-refractivity contribution in [3.8, 4) is 11.5 Å². The third kappa shape index (κ3) is 0.983. The van der Waals surface area contributed by atoms with Gasteiger partial charge in [-0.05, 0) is 0 Å². The zero-order valence-electron chi connectivity index (χ0n) is 7.09. The van der Waals surface area contributed by atoms with Gasteiger partial charge >= 0.3 is 0 Å². The Morgan fingerprint density at radius 3 is 2.00 bits per heavy atom. The molecule has 0 spiro atoms. The maximum absolute atomic E-state index is 5.27. The predicted molar refractivity (Wildman–Crippen MR) is 49.5 cm³/mol. The Morgan fingerprint density at radius 2 is 1.46 bits per heavy atom. The van der Waals surface area contributed by atoms with E-state index in [1.807, 2.05) is 12.1 Å². The molecule has 0 aromatic heterocycles. The molecule has 4 heteroatoms. The molecule has 13 heavy (non-hydrogen) atoms. The summed E-state index contributed by atoms with van der Waals surface area (Å²) in [5, 5.41) is 6.59. The second-order valence-corrected chi connectivity index (χ2v) is 3.10. The SMILES string of the molecule is c1c2c(cc3c1OCO3)NCCN2. The Morgan fingerprint density at radius 1 is 0.923 bits per heavy atom. The summed E-state index contributed by atoms with van der Waals surface area (Å²) in [6.07, 6.45) is 0. The van der Waals surface area contributed by atoms with Gasteiger partial charge in [-0.2, -0.15) is 0 Å². The fourth-order valence-electron chi connectivity index (χ4n) is 1.63. The fraction of sp³-hybridized carbons (Fsp3) is 0.333. The molecule has 4 nitrogen and oxygen atoms in total. The first-order chi connectivity index (χ1) is 6.43. The molecule has 68 valence electrons. The highest BCUT2D eigenvalue weighted by molar-refractivity contribution is 5.75. The molecule has 1 aromatic carbocycles. The summed E-state index contributed by atoms with van der Waals surface area (Å²) in [5.41, 5.74) is 2.19. The van der Waals surface area contributed by atoms with E-state index in [2.05, 4.69) is 10.6 Å². The molecule has 0 radical (unpaired) electrons. The van der Waals surface area contributed by atoms with Gasteiger partial charge in [0, 0.05) is 25.2 Å². The molecule has 0 bridgehead atoms. The van der Waals surface area contributed by atoms with Crippen LogP contribution < -0.4 is 20.1 Å². The third-order valence-corrected chi connectivity index (χ3v) is 2.27. The van der Waals surface area contributed by atoms with Crippen molar-refractivity contribution < 1.29 is 9.47 Å². The lowest BCUT2D eigenvalue weighted by molar-refractivity contribution is 0.174. The summed E-state index contributed by atoms with van der Waals surface area (Å²) < 4.78 is 10.5. The first-order valence-corrected chi connectivity index (χ1v) is 4.35. The zero-order chi connectivity index (χ0) is 8.67. The van der Waals surface area contributed by atoms with Crippen LogP contribution in [-0.4, -0.2) is 19.9 Å². The summed E-state index contributed by atoms with van der Waals surface area (Å²) in [6.45, 7) is 2.23. The average Bonchev–Trinajstić information content (AvgIpc) is 2.61. The van der Waals surface area contributed by atoms with Gasteiger partial charge in [0.15, 0.2) is 11.5 Å². The van der Waals surface area contributed by atoms with E-state index in [9.17, 15) is 0 Å². The number of hydrogen-bond acceptors (Lipinski definition) is 4. The maximum Gasteiger partial charge on any atom is 0.231 e. The molecule has 0 saturated heterocycles. The van der Waals surface area contributed by atoms with Gasteiger partial charge in [-0.15, -0.1) is 0 Å². The van der Waals surface area contributed by atoms with Crippen LogP contribution in [0.25, 0.3) is 0 Å². The molecule has 0 saturated carbocycles. The van der Waals surface area contributed by atoms with Gasteiger partial charge in [-0.3, -0.25) is 0 Å². The summed E-state index contributed by atoms with van der Waals surface area (Å²) in [5.74, 6) is 1.66. The lowest BCUT2D eigenvalue weighted by atomic mass is 10.2. The van der Waals surface area contributed by atoms with Gasteiger partial charge in [0.25, 0.3) is 0 Å². The molecular weight excluding hydrogens is 168 g/mol. The number of nitrogens with one attached hydrogen (secondary N) is 2. The van der Waals surface area contributed by atoms with Crippen LogP contribution in [-0.2, 0) is 0 Å². The van der Waals surface area contributed by atoms with E-state index in [4.69, 9.17) is 9.47 Å². The van der Waals surface area contributed by atoms with Gasteiger partial charge in [0.05, 0.1) is 11.4 Å². The molecule has 0 amide bonds. The van der Waals surface area contributed by atoms with Crippen LogP contribution in [0.3, 0.4) is 0 Å². The van der Waals surface area contributed by atoms with Crippen molar-refractivity contribution in [1.82, 2.24) is 0 Å². The number of ether oxygens (including phenoxy) is 2. The normalized spacial score (nSPS) is 17.2. The van der Waals surface area contributed by atoms with Crippen LogP contribution in [0.5, 0.6) is 11.5 Å². The second kappa shape index (κ2) is 2.45. The van der Waals surface area contributed by atoms with Crippen molar-refractivity contribution in [2.45, 2.75) is 0 Å². The van der Waals surface area contributed by atoms with E-state index in [0.29, 0.717) is 6.79 Å². The second-order valence-electron chi connectivity index (χ2n) is 3.10. The minimum Gasteiger partial charge on any atom is -0.454 e. The van der Waals surface area contributed by atoms with Gasteiger partial charge in [-0.25, -0.2) is 0 Å². The zero-order valence-corrected chi connectivity index (χ0v) is 7.09. The number of rotatable bonds is 0. The first-order valence-electron chi connectivity index (χ1n) is 4.35. The Kier molecular flexibility index (Phi) is 1.30. The molecule has 2 aliphatic heterocycles. The number of benzene rings is 1. The van der Waals surface area contributed by atoms with Crippen LogP contribution in [0.15, 0.2) is 12.1 Å². The van der Waals surface area contributed by atoms with E-state index in [1.165, 1.54) is 0 Å². The number of hydrogen-bond donors (Lipinski definition) is 2. The lowest BCUT2D eigenvalue weighted by Gasteiger charge is -2.19. The van der Waals surface area contributed by atoms with Crippen molar-refractivity contribution in [2.24, 2.45) is 0 Å². The van der Waals surface area contributed by atoms with E-state index < -0.39 is 0 Å². The molecule has 1 aromatic rings. The Labute approximate surface area is 75.8 Å². The molecule has 0 aliphatic carbocycles. The van der Waals surface area contributed by atoms with E-state index >= 15 is 0 Å². The minimum absolute atomic E-state index is 0.332. The van der Waals surface area contributed by atoms with Crippen molar-refractivity contribution in [3.05, 3.63) is 12.1 Å². The molecule has 0 fully saturated rings. The highest BCUT2D eigenvalue weighted by Gasteiger charge is 2.18. The first kappa shape index (κ1) is 6.88. The predicted octanol–water partition coefficient (Wildman–Crippen LogP) is 1.25. The summed E-state index contributed by atoms with van der Waals surface area (Å²) >= 11 is 0. The molecular formula is C9H10N2O2. The highest BCUT2D eigenvalue weighted by Crippen LogP contribution is 2.40. The Bertz CT molecular complexity index is 319. The van der Waals surface area contributed by atoms with Crippen LogP contribution >= 0.6 is 0 Å². The Balaban J connectivity index is 2.11. The topological polar surface area (TPSA) is 42.5 Å². The van der Waals surface area contributed by atoms with Crippen LogP contribution in [0.1, 0.15) is 0 Å². The van der Waals surface area contributed by atoms with Crippen molar-refractivity contribution in [1.29, 1.82) is 0 Å². The fourth-order valence-corrected chi connectivity index (χ4v) is 1.63. The lowest BCUT2D eigenvalue weighted by Crippen LogP contribution is -2.20. The van der Waals surface area contributed by atoms with Crippen LogP contribution in [0, 0.1) is 0 Å². The third-order valence-electron chi connectivity index (χ3n) is 2.27. The Hall–Kier alpha value is -1.58. The van der Waals surface area contributed by atoms with Gasteiger partial charge in [-0.1, -0.05) is 0 Å². The molecule has 2 N–H and O–H groups in total. The van der Waals surface area contributed by atoms with Crippen molar-refractivity contribution >= 4 is 11.4 Å². The van der Waals surface area contributed by atoms with Gasteiger partial charge < -0.3 is 20.1 Å². The number of fused-ring (bicyclic) bond motifs is 2. The van der Waals surface area contributed by atoms with E-state index in [-0.39, 0.29) is 0 Å². The largest absolute Gasteiger partial charge is 0.454 e. The van der Waals surface area contributed by atoms with Crippen molar-refractivity contribution in [3.63, 3.8) is 0 Å². The molecule has 0 atom stereocenters. The van der Waals surface area contributed by atoms with E-state index in [1.54, 1.807) is 0 Å². The summed E-state index contributed by atoms with van der Waals surface area (Å²) in [7, 11) is 0. The van der Waals surface area contributed by atoms with Crippen LogP contribution in [0.2, 0.25) is 0 Å². The standard InChI is InChI=1S/C9H10N2O2/c1-2-11-7-4-9-8(12-5-13-9)3-6(7)10-1/h3-4,10-11H,1-2,5H2. The summed E-state index contributed by atoms with van der Waals surface area (Å²) in [4.78, 5) is 0. The molecule has 2 heterocycles. The molecule has 0 unspecified atom stereocenters. The maximum atomic E-state index is 5.27. The van der Waals surface area contributed by atoms with Crippen LogP contribution in [0.4, 0.5) is 11.4 Å². The quantitative estimate of drug-likeness (QED) is 0.627. The summed E-state index contributed by atoms with van der Waals surface area (Å²) in [6, 6.07) is 3.95. The monoisotopic (exact) mass is 178 g/mol. The number of anilines is 2. The highest BCUT2D eigenvalue weighted by atomic mass is 16.7. The van der Waals surface area contributed by atoms with Gasteiger partial charge in [0.2, 0.25) is 6.79 Å². The van der Waals surface area contributed by atoms with E-state index in [0.717, 1.165) is 36.0 Å². The molecule has 3 rings (SSSR count). The minimum atomic E-state index is 0.332. The average molecular weight is 178 g/mol. The smallest absolute Gasteiger partial charge is 0.231 e. The molecule has 2 aliphatic rings.